The van der Waals surface area contributed by atoms with Gasteiger partial charge in [-0.3, -0.25) is 9.80 Å². The lowest BCUT2D eigenvalue weighted by atomic mass is 10.1. The maximum Gasteiger partial charge on any atom is 0.414 e. The van der Waals surface area contributed by atoms with E-state index < -0.39 is 5.60 Å². The van der Waals surface area contributed by atoms with Gasteiger partial charge in [-0.1, -0.05) is 20.3 Å². The van der Waals surface area contributed by atoms with Crippen LogP contribution in [0.3, 0.4) is 0 Å². The van der Waals surface area contributed by atoms with Crippen LogP contribution in [0, 0.1) is 5.92 Å². The fourth-order valence-corrected chi connectivity index (χ4v) is 3.49. The number of likely N-dealkylation sites (N-methyl/N-ethyl adjacent to an activating group) is 1. The second kappa shape index (κ2) is 11.6. The molecule has 0 saturated carbocycles. The van der Waals surface area contributed by atoms with Gasteiger partial charge in [-0.25, -0.2) is 4.79 Å². The van der Waals surface area contributed by atoms with E-state index >= 15 is 0 Å². The van der Waals surface area contributed by atoms with Crippen molar-refractivity contribution < 1.29 is 14.3 Å². The number of nitrogens with zero attached hydrogens (tertiary/aromatic N) is 3. The second-order valence-corrected chi connectivity index (χ2v) is 9.48. The summed E-state index contributed by atoms with van der Waals surface area (Å²) in [6, 6.07) is 7.80. The van der Waals surface area contributed by atoms with Gasteiger partial charge in [-0.05, 0) is 64.4 Å². The van der Waals surface area contributed by atoms with Gasteiger partial charge >= 0.3 is 6.09 Å². The predicted octanol–water partition coefficient (Wildman–Crippen LogP) is 4.49. The average molecular weight is 420 g/mol. The molecule has 1 aromatic carbocycles. The SMILES string of the molecule is CCC[C@@H](C)COc1ccc(N(CCN2CCN(C)CC2)C(=O)OC(C)(C)C)cc1. The minimum absolute atomic E-state index is 0.304. The number of piperazine rings is 1. The van der Waals surface area contributed by atoms with Crippen LogP contribution in [-0.2, 0) is 4.74 Å². The molecule has 0 radical (unpaired) electrons. The standard InChI is InChI=1S/C24H41N3O3/c1-7-8-20(2)19-29-22-11-9-21(10-12-22)27(23(28)30-24(3,4)5)18-17-26-15-13-25(6)14-16-26/h9-12,20H,7-8,13-19H2,1-6H3/t20-/m1/s1. The Balaban J connectivity index is 2.02. The summed E-state index contributed by atoms with van der Waals surface area (Å²) in [5.41, 5.74) is 0.314. The van der Waals surface area contributed by atoms with E-state index in [1.807, 2.05) is 45.0 Å². The number of ether oxygens (including phenoxy) is 2. The molecule has 0 spiro atoms. The smallest absolute Gasteiger partial charge is 0.414 e. The second-order valence-electron chi connectivity index (χ2n) is 9.48. The quantitative estimate of drug-likeness (QED) is 0.590. The van der Waals surface area contributed by atoms with Gasteiger partial charge < -0.3 is 14.4 Å². The fourth-order valence-electron chi connectivity index (χ4n) is 3.49. The van der Waals surface area contributed by atoms with Gasteiger partial charge in [-0.2, -0.15) is 0 Å². The number of rotatable bonds is 9. The zero-order valence-corrected chi connectivity index (χ0v) is 19.8. The van der Waals surface area contributed by atoms with Crippen molar-refractivity contribution in [1.29, 1.82) is 0 Å². The first kappa shape index (κ1) is 24.5. The summed E-state index contributed by atoms with van der Waals surface area (Å²) < 4.78 is 11.6. The molecule has 0 aliphatic carbocycles. The van der Waals surface area contributed by atoms with Gasteiger partial charge in [-0.15, -0.1) is 0 Å². The van der Waals surface area contributed by atoms with Crippen molar-refractivity contribution in [3.8, 4) is 5.75 Å². The molecule has 1 fully saturated rings. The molecule has 0 N–H and O–H groups in total. The van der Waals surface area contributed by atoms with Crippen molar-refractivity contribution in [2.24, 2.45) is 5.92 Å². The molecule has 1 aliphatic heterocycles. The molecule has 0 unspecified atom stereocenters. The van der Waals surface area contributed by atoms with Crippen LogP contribution in [0.5, 0.6) is 5.75 Å². The third kappa shape index (κ3) is 8.52. The van der Waals surface area contributed by atoms with Gasteiger partial charge in [0.25, 0.3) is 0 Å². The number of amides is 1. The van der Waals surface area contributed by atoms with Crippen molar-refractivity contribution in [3.63, 3.8) is 0 Å². The zero-order chi connectivity index (χ0) is 22.1. The van der Waals surface area contributed by atoms with Gasteiger partial charge in [0, 0.05) is 45.0 Å². The van der Waals surface area contributed by atoms with Crippen molar-refractivity contribution in [3.05, 3.63) is 24.3 Å². The minimum atomic E-state index is -0.526. The number of anilines is 1. The normalized spacial score (nSPS) is 16.9. The number of benzene rings is 1. The third-order valence-electron chi connectivity index (χ3n) is 5.31. The van der Waals surface area contributed by atoms with Gasteiger partial charge in [0.1, 0.15) is 11.4 Å². The van der Waals surface area contributed by atoms with Crippen LogP contribution in [0.15, 0.2) is 24.3 Å². The lowest BCUT2D eigenvalue weighted by molar-refractivity contribution is 0.0573. The van der Waals surface area contributed by atoms with Gasteiger partial charge in [0.15, 0.2) is 0 Å². The molecule has 1 saturated heterocycles. The van der Waals surface area contributed by atoms with E-state index in [4.69, 9.17) is 9.47 Å². The van der Waals surface area contributed by atoms with Gasteiger partial charge in [0.05, 0.1) is 6.61 Å². The molecule has 0 aromatic heterocycles. The lowest BCUT2D eigenvalue weighted by Gasteiger charge is -2.34. The van der Waals surface area contributed by atoms with E-state index in [1.54, 1.807) is 4.90 Å². The highest BCUT2D eigenvalue weighted by Crippen LogP contribution is 2.23. The monoisotopic (exact) mass is 419 g/mol. The molecule has 1 amide bonds. The Kier molecular flexibility index (Phi) is 9.43. The largest absolute Gasteiger partial charge is 0.493 e. The first-order chi connectivity index (χ1) is 14.2. The van der Waals surface area contributed by atoms with E-state index in [0.29, 0.717) is 19.1 Å². The highest BCUT2D eigenvalue weighted by Gasteiger charge is 2.24. The van der Waals surface area contributed by atoms with Crippen molar-refractivity contribution in [2.45, 2.75) is 53.1 Å². The zero-order valence-electron chi connectivity index (χ0n) is 19.8. The molecule has 1 aliphatic rings. The van der Waals surface area contributed by atoms with Crippen LogP contribution in [0.25, 0.3) is 0 Å². The Labute approximate surface area is 183 Å². The van der Waals surface area contributed by atoms with Crippen LogP contribution in [0.2, 0.25) is 0 Å². The van der Waals surface area contributed by atoms with Crippen LogP contribution >= 0.6 is 0 Å². The summed E-state index contributed by atoms with van der Waals surface area (Å²) >= 11 is 0. The molecule has 6 nitrogen and oxygen atoms in total. The predicted molar refractivity (Wildman–Crippen MR) is 124 cm³/mol. The Morgan fingerprint density at radius 2 is 1.77 bits per heavy atom. The molecule has 2 rings (SSSR count). The topological polar surface area (TPSA) is 45.2 Å². The molecule has 1 atom stereocenters. The number of carbonyl (C=O) groups excluding carboxylic acids is 1. The molecular weight excluding hydrogens is 378 g/mol. The van der Waals surface area contributed by atoms with Crippen LogP contribution in [-0.4, -0.2) is 74.4 Å². The van der Waals surface area contributed by atoms with E-state index in [1.165, 1.54) is 6.42 Å². The average Bonchev–Trinajstić information content (AvgIpc) is 2.68. The van der Waals surface area contributed by atoms with Crippen LogP contribution < -0.4 is 9.64 Å². The van der Waals surface area contributed by atoms with E-state index in [-0.39, 0.29) is 6.09 Å². The van der Waals surface area contributed by atoms with Crippen LogP contribution in [0.4, 0.5) is 10.5 Å². The van der Waals surface area contributed by atoms with Crippen molar-refractivity contribution in [2.75, 3.05) is 57.8 Å². The molecule has 0 bridgehead atoms. The Morgan fingerprint density at radius 3 is 2.33 bits per heavy atom. The summed E-state index contributed by atoms with van der Waals surface area (Å²) in [7, 11) is 2.15. The maximum absolute atomic E-state index is 12.9. The summed E-state index contributed by atoms with van der Waals surface area (Å²) in [5.74, 6) is 1.38. The van der Waals surface area contributed by atoms with Crippen molar-refractivity contribution >= 4 is 11.8 Å². The summed E-state index contributed by atoms with van der Waals surface area (Å²) in [6.07, 6.45) is 2.03. The summed E-state index contributed by atoms with van der Waals surface area (Å²) in [6.45, 7) is 16.4. The lowest BCUT2D eigenvalue weighted by Crippen LogP contribution is -2.48. The summed E-state index contributed by atoms with van der Waals surface area (Å²) in [4.78, 5) is 19.4. The highest BCUT2D eigenvalue weighted by molar-refractivity contribution is 5.88. The molecule has 30 heavy (non-hydrogen) atoms. The first-order valence-electron chi connectivity index (χ1n) is 11.3. The summed E-state index contributed by atoms with van der Waals surface area (Å²) in [5, 5.41) is 0. The van der Waals surface area contributed by atoms with Gasteiger partial charge in [0.2, 0.25) is 0 Å². The fraction of sp³-hybridized carbons (Fsp3) is 0.708. The molecule has 1 heterocycles. The van der Waals surface area contributed by atoms with E-state index in [9.17, 15) is 4.79 Å². The maximum atomic E-state index is 12.9. The minimum Gasteiger partial charge on any atom is -0.493 e. The van der Waals surface area contributed by atoms with Crippen LogP contribution in [0.1, 0.15) is 47.5 Å². The first-order valence-corrected chi connectivity index (χ1v) is 11.3. The van der Waals surface area contributed by atoms with Crippen molar-refractivity contribution in [1.82, 2.24) is 9.80 Å². The Bertz CT molecular complexity index is 634. The molecule has 1 aromatic rings. The number of hydrogen-bond donors (Lipinski definition) is 0. The molecule has 170 valence electrons. The van der Waals surface area contributed by atoms with E-state index in [0.717, 1.165) is 50.6 Å². The Morgan fingerprint density at radius 1 is 1.13 bits per heavy atom. The highest BCUT2D eigenvalue weighted by atomic mass is 16.6. The third-order valence-corrected chi connectivity index (χ3v) is 5.31. The molecule has 6 heteroatoms. The molecular formula is C24H41N3O3. The number of hydrogen-bond acceptors (Lipinski definition) is 5. The Hall–Kier alpha value is -1.79. The van der Waals surface area contributed by atoms with E-state index in [2.05, 4.69) is 30.7 Å². The number of carbonyl (C=O) groups is 1.